The van der Waals surface area contributed by atoms with Crippen LogP contribution in [-0.2, 0) is 0 Å². The van der Waals surface area contributed by atoms with Crippen molar-refractivity contribution in [1.82, 2.24) is 15.2 Å². The number of hydrogen-bond donors (Lipinski definition) is 1. The summed E-state index contributed by atoms with van der Waals surface area (Å²) >= 11 is 6.44. The van der Waals surface area contributed by atoms with Crippen LogP contribution in [0.5, 0.6) is 0 Å². The Morgan fingerprint density at radius 3 is 3.00 bits per heavy atom. The Bertz CT molecular complexity index is 414. The fourth-order valence-electron chi connectivity index (χ4n) is 1.08. The van der Waals surface area contributed by atoms with E-state index in [-0.39, 0.29) is 0 Å². The number of halogens is 1. The summed E-state index contributed by atoms with van der Waals surface area (Å²) in [5, 5.41) is 15.0. The van der Waals surface area contributed by atoms with E-state index in [1.54, 1.807) is 11.3 Å². The fraction of sp³-hybridized carbons (Fsp3) is 0.375. The molecule has 0 amide bonds. The number of nitrogens with zero attached hydrogens (tertiary/aromatic N) is 3. The van der Waals surface area contributed by atoms with Gasteiger partial charge in [-0.2, -0.15) is 0 Å². The molecule has 2 heterocycles. The molecule has 0 saturated heterocycles. The smallest absolute Gasteiger partial charge is 0.206 e. The van der Waals surface area contributed by atoms with E-state index in [2.05, 4.69) is 43.4 Å². The number of thiazole rings is 1. The van der Waals surface area contributed by atoms with Crippen LogP contribution in [0.25, 0.3) is 0 Å². The Labute approximate surface area is 104 Å². The lowest BCUT2D eigenvalue weighted by Crippen LogP contribution is -2.09. The quantitative estimate of drug-likeness (QED) is 0.943. The Balaban J connectivity index is 1.88. The van der Waals surface area contributed by atoms with Gasteiger partial charge in [0.1, 0.15) is 0 Å². The van der Waals surface area contributed by atoms with Gasteiger partial charge in [0.25, 0.3) is 0 Å². The molecule has 0 aliphatic rings. The van der Waals surface area contributed by atoms with Gasteiger partial charge in [0.15, 0.2) is 3.92 Å². The summed E-state index contributed by atoms with van der Waals surface area (Å²) in [6, 6.07) is 0. The zero-order valence-corrected chi connectivity index (χ0v) is 11.2. The Kier molecular flexibility index (Phi) is 3.66. The number of rotatable bonds is 4. The summed E-state index contributed by atoms with van der Waals surface area (Å²) in [5.74, 6) is 0.396. The summed E-state index contributed by atoms with van der Waals surface area (Å²) in [6.45, 7) is 2.97. The normalized spacial score (nSPS) is 12.7. The first kappa shape index (κ1) is 11.0. The predicted octanol–water partition coefficient (Wildman–Crippen LogP) is 2.97. The molecule has 2 aromatic rings. The lowest BCUT2D eigenvalue weighted by molar-refractivity contribution is 0.792. The zero-order valence-electron chi connectivity index (χ0n) is 7.98. The SMILES string of the molecule is CC(CNc1nnc(Br)s1)c1nccs1. The van der Waals surface area contributed by atoms with Gasteiger partial charge in [-0.25, -0.2) is 4.98 Å². The van der Waals surface area contributed by atoms with Crippen molar-refractivity contribution in [2.24, 2.45) is 0 Å². The summed E-state index contributed by atoms with van der Waals surface area (Å²) in [6.07, 6.45) is 1.83. The molecule has 1 atom stereocenters. The van der Waals surface area contributed by atoms with Crippen molar-refractivity contribution in [2.75, 3.05) is 11.9 Å². The second-order valence-corrected chi connectivity index (χ2v) is 6.19. The minimum absolute atomic E-state index is 0.396. The van der Waals surface area contributed by atoms with Crippen molar-refractivity contribution in [1.29, 1.82) is 0 Å². The molecule has 0 aliphatic carbocycles. The maximum Gasteiger partial charge on any atom is 0.206 e. The van der Waals surface area contributed by atoms with Crippen LogP contribution < -0.4 is 5.32 Å². The second-order valence-electron chi connectivity index (χ2n) is 3.01. The van der Waals surface area contributed by atoms with Gasteiger partial charge in [-0.1, -0.05) is 18.3 Å². The monoisotopic (exact) mass is 304 g/mol. The van der Waals surface area contributed by atoms with E-state index in [0.717, 1.165) is 20.6 Å². The van der Waals surface area contributed by atoms with Gasteiger partial charge in [-0.3, -0.25) is 0 Å². The van der Waals surface area contributed by atoms with Crippen LogP contribution >= 0.6 is 38.6 Å². The number of anilines is 1. The standard InChI is InChI=1S/C8H9BrN4S2/c1-5(6-10-2-3-14-6)4-11-8-13-12-7(9)15-8/h2-3,5H,4H2,1H3,(H,11,13). The van der Waals surface area contributed by atoms with Crippen molar-refractivity contribution in [3.05, 3.63) is 20.5 Å². The molecule has 80 valence electrons. The Morgan fingerprint density at radius 2 is 2.40 bits per heavy atom. The molecule has 0 saturated carbocycles. The Hall–Kier alpha value is -0.530. The van der Waals surface area contributed by atoms with Gasteiger partial charge in [-0.15, -0.1) is 21.5 Å². The van der Waals surface area contributed by atoms with E-state index in [0.29, 0.717) is 5.92 Å². The van der Waals surface area contributed by atoms with Gasteiger partial charge in [0.2, 0.25) is 5.13 Å². The molecule has 7 heteroatoms. The summed E-state index contributed by atoms with van der Waals surface area (Å²) < 4.78 is 0.798. The molecule has 1 unspecified atom stereocenters. The topological polar surface area (TPSA) is 50.7 Å². The minimum atomic E-state index is 0.396. The van der Waals surface area contributed by atoms with Crippen molar-refractivity contribution in [2.45, 2.75) is 12.8 Å². The van der Waals surface area contributed by atoms with Crippen LogP contribution in [0.2, 0.25) is 0 Å². The summed E-state index contributed by atoms with van der Waals surface area (Å²) in [5.41, 5.74) is 0. The molecule has 0 aromatic carbocycles. The highest BCUT2D eigenvalue weighted by Crippen LogP contribution is 2.22. The van der Waals surface area contributed by atoms with Gasteiger partial charge in [0.05, 0.1) is 5.01 Å². The maximum absolute atomic E-state index is 4.27. The number of aromatic nitrogens is 3. The van der Waals surface area contributed by atoms with Crippen LogP contribution in [0.1, 0.15) is 17.8 Å². The van der Waals surface area contributed by atoms with Crippen molar-refractivity contribution in [3.8, 4) is 0 Å². The van der Waals surface area contributed by atoms with Crippen LogP contribution in [0, 0.1) is 0 Å². The maximum atomic E-state index is 4.27. The molecule has 1 N–H and O–H groups in total. The van der Waals surface area contributed by atoms with Crippen LogP contribution in [0.4, 0.5) is 5.13 Å². The fourth-order valence-corrected chi connectivity index (χ4v) is 2.80. The van der Waals surface area contributed by atoms with Gasteiger partial charge in [-0.05, 0) is 15.9 Å². The molecule has 0 fully saturated rings. The molecule has 0 spiro atoms. The third kappa shape index (κ3) is 2.96. The minimum Gasteiger partial charge on any atom is -0.359 e. The van der Waals surface area contributed by atoms with E-state index >= 15 is 0 Å². The lowest BCUT2D eigenvalue weighted by atomic mass is 10.2. The number of hydrogen-bond acceptors (Lipinski definition) is 6. The largest absolute Gasteiger partial charge is 0.359 e. The van der Waals surface area contributed by atoms with Crippen LogP contribution in [0.3, 0.4) is 0 Å². The molecule has 2 rings (SSSR count). The average Bonchev–Trinajstić information content (AvgIpc) is 2.84. The molecule has 15 heavy (non-hydrogen) atoms. The Morgan fingerprint density at radius 1 is 1.53 bits per heavy atom. The van der Waals surface area contributed by atoms with Gasteiger partial charge < -0.3 is 5.32 Å². The molecule has 2 aromatic heterocycles. The van der Waals surface area contributed by atoms with Crippen LogP contribution in [0.15, 0.2) is 15.5 Å². The first-order valence-corrected chi connectivity index (χ1v) is 6.87. The predicted molar refractivity (Wildman–Crippen MR) is 66.6 cm³/mol. The molecule has 0 radical (unpaired) electrons. The van der Waals surface area contributed by atoms with E-state index < -0.39 is 0 Å². The van der Waals surface area contributed by atoms with E-state index in [4.69, 9.17) is 0 Å². The van der Waals surface area contributed by atoms with Gasteiger partial charge in [0, 0.05) is 24.0 Å². The van der Waals surface area contributed by atoms with E-state index in [1.807, 2.05) is 11.6 Å². The second kappa shape index (κ2) is 5.00. The van der Waals surface area contributed by atoms with Crippen molar-refractivity contribution < 1.29 is 0 Å². The van der Waals surface area contributed by atoms with E-state index in [1.165, 1.54) is 11.3 Å². The highest BCUT2D eigenvalue weighted by molar-refractivity contribution is 9.11. The molecular formula is C8H9BrN4S2. The summed E-state index contributed by atoms with van der Waals surface area (Å²) in [7, 11) is 0. The molecule has 4 nitrogen and oxygen atoms in total. The third-order valence-electron chi connectivity index (χ3n) is 1.83. The summed E-state index contributed by atoms with van der Waals surface area (Å²) in [4.78, 5) is 4.27. The highest BCUT2D eigenvalue weighted by atomic mass is 79.9. The zero-order chi connectivity index (χ0) is 10.7. The first-order valence-electron chi connectivity index (χ1n) is 4.38. The third-order valence-corrected chi connectivity index (χ3v) is 4.15. The average molecular weight is 305 g/mol. The highest BCUT2D eigenvalue weighted by Gasteiger charge is 2.09. The van der Waals surface area contributed by atoms with Crippen LogP contribution in [-0.4, -0.2) is 21.7 Å². The lowest BCUT2D eigenvalue weighted by Gasteiger charge is -2.07. The molecule has 0 aliphatic heterocycles. The number of nitrogens with one attached hydrogen (secondary N) is 1. The molecule has 0 bridgehead atoms. The van der Waals surface area contributed by atoms with E-state index in [9.17, 15) is 0 Å². The first-order chi connectivity index (χ1) is 7.25. The van der Waals surface area contributed by atoms with Crippen molar-refractivity contribution >= 4 is 43.7 Å². The van der Waals surface area contributed by atoms with Gasteiger partial charge >= 0.3 is 0 Å². The molecular weight excluding hydrogens is 296 g/mol. The van der Waals surface area contributed by atoms with Crippen molar-refractivity contribution in [3.63, 3.8) is 0 Å².